The zero-order valence-corrected chi connectivity index (χ0v) is 21.0. The maximum atomic E-state index is 12.8. The van der Waals surface area contributed by atoms with E-state index in [-0.39, 0.29) is 6.04 Å². The van der Waals surface area contributed by atoms with Crippen LogP contribution in [-0.2, 0) is 6.54 Å². The van der Waals surface area contributed by atoms with Crippen molar-refractivity contribution in [3.05, 3.63) is 83.9 Å². The predicted octanol–water partition coefficient (Wildman–Crippen LogP) is 5.20. The number of carboxylic acid groups (broad SMARTS) is 1. The van der Waals surface area contributed by atoms with Crippen molar-refractivity contribution in [2.24, 2.45) is 5.92 Å². The SMILES string of the molecule is O=Cc1ccc2c(c1)nnn2CC=Cc1ccc(-c2ccccc2)c(N(C(=O)O)[C@H]2CN3CCC2CC3)c1. The molecule has 0 aliphatic carbocycles. The highest BCUT2D eigenvalue weighted by molar-refractivity contribution is 5.94. The Labute approximate surface area is 220 Å². The van der Waals surface area contributed by atoms with E-state index >= 15 is 0 Å². The van der Waals surface area contributed by atoms with Gasteiger partial charge in [-0.1, -0.05) is 59.8 Å². The Morgan fingerprint density at radius 2 is 1.82 bits per heavy atom. The number of allylic oxidation sites excluding steroid dienone is 1. The first kappa shape index (κ1) is 24.1. The molecule has 0 radical (unpaired) electrons. The zero-order valence-electron chi connectivity index (χ0n) is 21.0. The minimum Gasteiger partial charge on any atom is -0.465 e. The monoisotopic (exact) mass is 507 g/mol. The van der Waals surface area contributed by atoms with E-state index in [0.29, 0.717) is 23.5 Å². The van der Waals surface area contributed by atoms with Gasteiger partial charge in [0.15, 0.2) is 0 Å². The average molecular weight is 508 g/mol. The lowest BCUT2D eigenvalue weighted by Crippen LogP contribution is -2.59. The molecule has 3 aliphatic heterocycles. The summed E-state index contributed by atoms with van der Waals surface area (Å²) >= 11 is 0. The number of amides is 1. The van der Waals surface area contributed by atoms with Crippen LogP contribution in [0.4, 0.5) is 10.5 Å². The highest BCUT2D eigenvalue weighted by Gasteiger charge is 2.40. The number of rotatable bonds is 7. The standard InChI is InChI=1S/C30H29N5O3/c36-20-22-9-11-27-26(17-22)31-32-34(27)14-4-5-21-8-10-25(23-6-2-1-3-7-23)28(18-21)35(30(37)38)29-19-33-15-12-24(29)13-16-33/h1-11,17-18,20,24,29H,12-16,19H2,(H,37,38)/t29-/m0/s1. The Hall–Kier alpha value is -4.30. The van der Waals surface area contributed by atoms with Gasteiger partial charge in [-0.15, -0.1) is 5.10 Å². The number of hydrogen-bond donors (Lipinski definition) is 1. The minimum atomic E-state index is -0.911. The van der Waals surface area contributed by atoms with Gasteiger partial charge in [-0.25, -0.2) is 9.48 Å². The Kier molecular flexibility index (Phi) is 6.47. The molecule has 1 amide bonds. The van der Waals surface area contributed by atoms with E-state index in [1.54, 1.807) is 21.7 Å². The van der Waals surface area contributed by atoms with Gasteiger partial charge in [-0.05, 0) is 67.2 Å². The van der Waals surface area contributed by atoms with Gasteiger partial charge in [0.25, 0.3) is 0 Å². The summed E-state index contributed by atoms with van der Waals surface area (Å²) in [5, 5.41) is 18.8. The van der Waals surface area contributed by atoms with Gasteiger partial charge in [-0.3, -0.25) is 9.69 Å². The molecule has 3 saturated heterocycles. The second kappa shape index (κ2) is 10.2. The van der Waals surface area contributed by atoms with Crippen molar-refractivity contribution >= 4 is 35.2 Å². The molecule has 8 nitrogen and oxygen atoms in total. The van der Waals surface area contributed by atoms with Crippen molar-refractivity contribution in [1.82, 2.24) is 19.9 Å². The normalized spacial score (nSPS) is 20.7. The molecule has 2 bridgehead atoms. The maximum absolute atomic E-state index is 12.8. The summed E-state index contributed by atoms with van der Waals surface area (Å²) < 4.78 is 1.77. The van der Waals surface area contributed by atoms with Crippen molar-refractivity contribution in [3.63, 3.8) is 0 Å². The molecule has 0 spiro atoms. The molecule has 1 atom stereocenters. The molecule has 1 aromatic heterocycles. The van der Waals surface area contributed by atoms with Gasteiger partial charge in [0.05, 0.1) is 23.8 Å². The molecule has 3 fully saturated rings. The fourth-order valence-corrected chi connectivity index (χ4v) is 5.85. The lowest BCUT2D eigenvalue weighted by Gasteiger charge is -2.48. The highest BCUT2D eigenvalue weighted by atomic mass is 16.4. The van der Waals surface area contributed by atoms with E-state index in [4.69, 9.17) is 0 Å². The van der Waals surface area contributed by atoms with E-state index in [0.717, 1.165) is 66.7 Å². The van der Waals surface area contributed by atoms with Crippen LogP contribution in [0.3, 0.4) is 0 Å². The van der Waals surface area contributed by atoms with Crippen LogP contribution in [0.25, 0.3) is 28.2 Å². The van der Waals surface area contributed by atoms with Gasteiger partial charge in [0, 0.05) is 17.7 Å². The number of carbonyl (C=O) groups excluding carboxylic acids is 1. The van der Waals surface area contributed by atoms with Crippen molar-refractivity contribution in [2.45, 2.75) is 25.4 Å². The third-order valence-corrected chi connectivity index (χ3v) is 7.79. The van der Waals surface area contributed by atoms with Crippen LogP contribution in [0.5, 0.6) is 0 Å². The van der Waals surface area contributed by atoms with Crippen LogP contribution in [-0.4, -0.2) is 63.1 Å². The van der Waals surface area contributed by atoms with Crippen LogP contribution in [0, 0.1) is 5.92 Å². The summed E-state index contributed by atoms with van der Waals surface area (Å²) in [5.41, 5.74) is 5.63. The first-order valence-electron chi connectivity index (χ1n) is 13.0. The summed E-state index contributed by atoms with van der Waals surface area (Å²) in [6.45, 7) is 3.37. The predicted molar refractivity (Wildman–Crippen MR) is 147 cm³/mol. The first-order chi connectivity index (χ1) is 18.6. The van der Waals surface area contributed by atoms with Crippen molar-refractivity contribution in [1.29, 1.82) is 0 Å². The Balaban J connectivity index is 1.34. The van der Waals surface area contributed by atoms with E-state index < -0.39 is 6.09 Å². The molecule has 4 heterocycles. The van der Waals surface area contributed by atoms with E-state index in [1.165, 1.54) is 0 Å². The number of fused-ring (bicyclic) bond motifs is 4. The van der Waals surface area contributed by atoms with Crippen LogP contribution in [0.15, 0.2) is 72.8 Å². The first-order valence-corrected chi connectivity index (χ1v) is 13.0. The van der Waals surface area contributed by atoms with Gasteiger partial charge >= 0.3 is 6.09 Å². The Bertz CT molecular complexity index is 1510. The minimum absolute atomic E-state index is 0.0607. The summed E-state index contributed by atoms with van der Waals surface area (Å²) in [5.74, 6) is 0.374. The van der Waals surface area contributed by atoms with Gasteiger partial charge < -0.3 is 10.0 Å². The molecule has 0 saturated carbocycles. The number of aromatic nitrogens is 3. The quantitative estimate of drug-likeness (QED) is 0.346. The van der Waals surface area contributed by atoms with Gasteiger partial charge in [0.2, 0.25) is 0 Å². The molecular formula is C30H29N5O3. The number of benzene rings is 3. The van der Waals surface area contributed by atoms with E-state index in [1.807, 2.05) is 66.7 Å². The van der Waals surface area contributed by atoms with Crippen LogP contribution < -0.4 is 4.90 Å². The molecule has 3 aromatic carbocycles. The number of piperidine rings is 3. The number of anilines is 1. The molecule has 38 heavy (non-hydrogen) atoms. The fraction of sp³-hybridized carbons (Fsp3) is 0.267. The Morgan fingerprint density at radius 3 is 2.53 bits per heavy atom. The van der Waals surface area contributed by atoms with Crippen molar-refractivity contribution in [2.75, 3.05) is 24.5 Å². The largest absolute Gasteiger partial charge is 0.465 e. The number of nitrogens with zero attached hydrogens (tertiary/aromatic N) is 5. The van der Waals surface area contributed by atoms with Crippen LogP contribution >= 0.6 is 0 Å². The summed E-state index contributed by atoms with van der Waals surface area (Å²) in [7, 11) is 0. The lowest BCUT2D eigenvalue weighted by molar-refractivity contribution is 0.0838. The molecule has 1 N–H and O–H groups in total. The lowest BCUT2D eigenvalue weighted by atomic mass is 9.82. The van der Waals surface area contributed by atoms with Crippen molar-refractivity contribution < 1.29 is 14.7 Å². The number of hydrogen-bond acceptors (Lipinski definition) is 5. The van der Waals surface area contributed by atoms with Gasteiger partial charge in [0.1, 0.15) is 11.8 Å². The molecule has 3 aliphatic rings. The van der Waals surface area contributed by atoms with E-state index in [9.17, 15) is 14.7 Å². The fourth-order valence-electron chi connectivity index (χ4n) is 5.85. The van der Waals surface area contributed by atoms with Crippen LogP contribution in [0.1, 0.15) is 28.8 Å². The zero-order chi connectivity index (χ0) is 26.1. The number of carbonyl (C=O) groups is 2. The molecule has 0 unspecified atom stereocenters. The van der Waals surface area contributed by atoms with Gasteiger partial charge in [-0.2, -0.15) is 0 Å². The topological polar surface area (TPSA) is 91.6 Å². The molecular weight excluding hydrogens is 478 g/mol. The third kappa shape index (κ3) is 4.59. The second-order valence-electron chi connectivity index (χ2n) is 10.0. The summed E-state index contributed by atoms with van der Waals surface area (Å²) in [4.78, 5) is 27.8. The van der Waals surface area contributed by atoms with Crippen LogP contribution in [0.2, 0.25) is 0 Å². The highest BCUT2D eigenvalue weighted by Crippen LogP contribution is 2.38. The molecule has 4 aromatic rings. The molecule has 192 valence electrons. The summed E-state index contributed by atoms with van der Waals surface area (Å²) in [6, 6.07) is 21.3. The Morgan fingerprint density at radius 1 is 1.03 bits per heavy atom. The number of aldehydes is 1. The third-order valence-electron chi connectivity index (χ3n) is 7.79. The maximum Gasteiger partial charge on any atom is 0.412 e. The molecule has 8 heteroatoms. The smallest absolute Gasteiger partial charge is 0.412 e. The second-order valence-corrected chi connectivity index (χ2v) is 10.0. The molecule has 7 rings (SSSR count). The summed E-state index contributed by atoms with van der Waals surface area (Å²) in [6.07, 6.45) is 5.94. The van der Waals surface area contributed by atoms with E-state index in [2.05, 4.69) is 15.2 Å². The van der Waals surface area contributed by atoms with Crippen molar-refractivity contribution in [3.8, 4) is 11.1 Å². The average Bonchev–Trinajstić information content (AvgIpc) is 3.36.